The Bertz CT molecular complexity index is 798. The molecule has 0 bridgehead atoms. The molecule has 3 rings (SSSR count). The number of carbonyl (C=O) groups is 1. The Morgan fingerprint density at radius 3 is 2.96 bits per heavy atom. The quantitative estimate of drug-likeness (QED) is 0.910. The molecule has 1 saturated heterocycles. The van der Waals surface area contributed by atoms with Crippen LogP contribution in [0.2, 0.25) is 0 Å². The Morgan fingerprint density at radius 2 is 2.16 bits per heavy atom. The van der Waals surface area contributed by atoms with Crippen molar-refractivity contribution in [1.29, 1.82) is 5.26 Å². The Morgan fingerprint density at radius 1 is 1.32 bits per heavy atom. The van der Waals surface area contributed by atoms with Crippen molar-refractivity contribution in [3.8, 4) is 11.8 Å². The number of nitrogens with zero attached hydrogens (tertiary/aromatic N) is 2. The average Bonchev–Trinajstić information content (AvgIpc) is 3.10. The van der Waals surface area contributed by atoms with Gasteiger partial charge in [-0.05, 0) is 49.2 Å². The van der Waals surface area contributed by atoms with Gasteiger partial charge < -0.3 is 10.1 Å². The zero-order chi connectivity index (χ0) is 17.6. The van der Waals surface area contributed by atoms with E-state index in [1.54, 1.807) is 25.3 Å². The number of hydrogen-bond donors (Lipinski definition) is 1. The lowest BCUT2D eigenvalue weighted by Gasteiger charge is -2.24. The molecule has 1 aliphatic heterocycles. The van der Waals surface area contributed by atoms with Crippen LogP contribution in [0.15, 0.2) is 48.5 Å². The molecule has 1 amide bonds. The van der Waals surface area contributed by atoms with Gasteiger partial charge in [0.05, 0.1) is 24.9 Å². The number of benzene rings is 2. The van der Waals surface area contributed by atoms with Crippen LogP contribution < -0.4 is 10.1 Å². The number of amides is 1. The Hall–Kier alpha value is -2.84. The second-order valence-corrected chi connectivity index (χ2v) is 6.11. The third-order valence-electron chi connectivity index (χ3n) is 4.51. The molecule has 5 nitrogen and oxygen atoms in total. The number of hydrogen-bond acceptors (Lipinski definition) is 4. The van der Waals surface area contributed by atoms with Crippen molar-refractivity contribution in [2.24, 2.45) is 0 Å². The number of anilines is 1. The molecule has 1 fully saturated rings. The summed E-state index contributed by atoms with van der Waals surface area (Å²) >= 11 is 0. The lowest BCUT2D eigenvalue weighted by atomic mass is 10.0. The molecule has 128 valence electrons. The number of ether oxygens (including phenoxy) is 1. The van der Waals surface area contributed by atoms with Gasteiger partial charge in [0.25, 0.3) is 0 Å². The predicted molar refractivity (Wildman–Crippen MR) is 96.3 cm³/mol. The fraction of sp³-hybridized carbons (Fsp3) is 0.300. The lowest BCUT2D eigenvalue weighted by molar-refractivity contribution is -0.117. The number of carbonyl (C=O) groups excluding carboxylic acids is 1. The van der Waals surface area contributed by atoms with Crippen LogP contribution in [0.25, 0.3) is 0 Å². The molecule has 0 spiro atoms. The first-order valence-electron chi connectivity index (χ1n) is 8.38. The van der Waals surface area contributed by atoms with E-state index in [1.807, 2.05) is 24.3 Å². The first kappa shape index (κ1) is 17.0. The van der Waals surface area contributed by atoms with Crippen molar-refractivity contribution < 1.29 is 9.53 Å². The van der Waals surface area contributed by atoms with Gasteiger partial charge >= 0.3 is 0 Å². The van der Waals surface area contributed by atoms with Crippen LogP contribution in [0, 0.1) is 11.3 Å². The van der Waals surface area contributed by atoms with E-state index in [0.29, 0.717) is 17.8 Å². The summed E-state index contributed by atoms with van der Waals surface area (Å²) in [7, 11) is 1.66. The maximum Gasteiger partial charge on any atom is 0.238 e. The van der Waals surface area contributed by atoms with Crippen molar-refractivity contribution in [3.05, 3.63) is 59.7 Å². The number of rotatable bonds is 5. The van der Waals surface area contributed by atoms with Crippen LogP contribution in [0.1, 0.15) is 30.0 Å². The first-order chi connectivity index (χ1) is 12.2. The Balaban J connectivity index is 1.69. The van der Waals surface area contributed by atoms with Crippen LogP contribution in [-0.2, 0) is 4.79 Å². The largest absolute Gasteiger partial charge is 0.497 e. The highest BCUT2D eigenvalue weighted by Crippen LogP contribution is 2.33. The molecule has 0 saturated carbocycles. The van der Waals surface area contributed by atoms with Gasteiger partial charge in [0.2, 0.25) is 5.91 Å². The van der Waals surface area contributed by atoms with Crippen LogP contribution >= 0.6 is 0 Å². The SMILES string of the molecule is COc1cccc([C@H]2CCCN2CC(=O)Nc2ccccc2C#N)c1. The smallest absolute Gasteiger partial charge is 0.238 e. The van der Waals surface area contributed by atoms with Gasteiger partial charge in [-0.3, -0.25) is 9.69 Å². The minimum Gasteiger partial charge on any atom is -0.497 e. The fourth-order valence-corrected chi connectivity index (χ4v) is 3.31. The minimum atomic E-state index is -0.0995. The zero-order valence-corrected chi connectivity index (χ0v) is 14.2. The standard InChI is InChI=1S/C20H21N3O2/c1-25-17-8-4-7-15(12-17)19-10-5-11-23(19)14-20(24)22-18-9-3-2-6-16(18)13-21/h2-4,6-9,12,19H,5,10-11,14H2,1H3,(H,22,24)/t19-/m1/s1. The molecule has 2 aromatic rings. The van der Waals surface area contributed by atoms with Crippen molar-refractivity contribution in [2.45, 2.75) is 18.9 Å². The van der Waals surface area contributed by atoms with Gasteiger partial charge in [0.15, 0.2) is 0 Å². The van der Waals surface area contributed by atoms with E-state index in [2.05, 4.69) is 22.4 Å². The molecule has 1 aliphatic rings. The van der Waals surface area contributed by atoms with Crippen LogP contribution in [0.5, 0.6) is 5.75 Å². The van der Waals surface area contributed by atoms with E-state index >= 15 is 0 Å². The summed E-state index contributed by atoms with van der Waals surface area (Å²) in [6, 6.07) is 17.4. The van der Waals surface area contributed by atoms with Gasteiger partial charge in [0, 0.05) is 6.04 Å². The van der Waals surface area contributed by atoms with Gasteiger partial charge in [-0.25, -0.2) is 0 Å². The maximum atomic E-state index is 12.4. The summed E-state index contributed by atoms with van der Waals surface area (Å²) in [5, 5.41) is 12.0. The number of nitriles is 1. The summed E-state index contributed by atoms with van der Waals surface area (Å²) in [6.45, 7) is 1.19. The van der Waals surface area contributed by atoms with Gasteiger partial charge in [0.1, 0.15) is 11.8 Å². The monoisotopic (exact) mass is 335 g/mol. The van der Waals surface area contributed by atoms with Crippen LogP contribution in [-0.4, -0.2) is 31.0 Å². The fourth-order valence-electron chi connectivity index (χ4n) is 3.31. The average molecular weight is 335 g/mol. The normalized spacial score (nSPS) is 17.0. The van der Waals surface area contributed by atoms with E-state index in [9.17, 15) is 4.79 Å². The molecule has 5 heteroatoms. The van der Waals surface area contributed by atoms with E-state index in [-0.39, 0.29) is 11.9 Å². The Kier molecular flexibility index (Phi) is 5.32. The van der Waals surface area contributed by atoms with Crippen LogP contribution in [0.4, 0.5) is 5.69 Å². The molecule has 0 aliphatic carbocycles. The number of likely N-dealkylation sites (tertiary alicyclic amines) is 1. The van der Waals surface area contributed by atoms with E-state index in [4.69, 9.17) is 10.00 Å². The van der Waals surface area contributed by atoms with Crippen molar-refractivity contribution in [3.63, 3.8) is 0 Å². The second kappa shape index (κ2) is 7.82. The van der Waals surface area contributed by atoms with E-state index in [1.165, 1.54) is 5.56 Å². The maximum absolute atomic E-state index is 12.4. The lowest BCUT2D eigenvalue weighted by Crippen LogP contribution is -2.33. The highest BCUT2D eigenvalue weighted by molar-refractivity contribution is 5.93. The highest BCUT2D eigenvalue weighted by atomic mass is 16.5. The molecular formula is C20H21N3O2. The highest BCUT2D eigenvalue weighted by Gasteiger charge is 2.27. The van der Waals surface area contributed by atoms with Gasteiger partial charge in [-0.2, -0.15) is 5.26 Å². The van der Waals surface area contributed by atoms with Crippen molar-refractivity contribution in [1.82, 2.24) is 4.90 Å². The second-order valence-electron chi connectivity index (χ2n) is 6.11. The van der Waals surface area contributed by atoms with Gasteiger partial charge in [-0.1, -0.05) is 24.3 Å². The molecule has 1 heterocycles. The molecule has 0 aromatic heterocycles. The zero-order valence-electron chi connectivity index (χ0n) is 14.2. The Labute approximate surface area is 147 Å². The molecular weight excluding hydrogens is 314 g/mol. The summed E-state index contributed by atoms with van der Waals surface area (Å²) < 4.78 is 5.31. The van der Waals surface area contributed by atoms with Crippen molar-refractivity contribution in [2.75, 3.05) is 25.5 Å². The van der Waals surface area contributed by atoms with Crippen LogP contribution in [0.3, 0.4) is 0 Å². The molecule has 0 radical (unpaired) electrons. The molecule has 25 heavy (non-hydrogen) atoms. The molecule has 2 aromatic carbocycles. The topological polar surface area (TPSA) is 65.4 Å². The number of nitrogens with one attached hydrogen (secondary N) is 1. The molecule has 1 atom stereocenters. The number of para-hydroxylation sites is 1. The third kappa shape index (κ3) is 3.98. The molecule has 1 N–H and O–H groups in total. The van der Waals surface area contributed by atoms with Crippen molar-refractivity contribution >= 4 is 11.6 Å². The first-order valence-corrected chi connectivity index (χ1v) is 8.38. The predicted octanol–water partition coefficient (Wildman–Crippen LogP) is 3.34. The number of methoxy groups -OCH3 is 1. The third-order valence-corrected chi connectivity index (χ3v) is 4.51. The minimum absolute atomic E-state index is 0.0995. The van der Waals surface area contributed by atoms with Gasteiger partial charge in [-0.15, -0.1) is 0 Å². The van der Waals surface area contributed by atoms with E-state index in [0.717, 1.165) is 25.1 Å². The van der Waals surface area contributed by atoms with E-state index < -0.39 is 0 Å². The summed E-state index contributed by atoms with van der Waals surface area (Å²) in [6.07, 6.45) is 2.08. The summed E-state index contributed by atoms with van der Waals surface area (Å²) in [4.78, 5) is 14.6. The molecule has 0 unspecified atom stereocenters. The summed E-state index contributed by atoms with van der Waals surface area (Å²) in [5.74, 6) is 0.731. The summed E-state index contributed by atoms with van der Waals surface area (Å²) in [5.41, 5.74) is 2.20.